The first-order valence-electron chi connectivity index (χ1n) is 4.69. The van der Waals surface area contributed by atoms with Crippen molar-refractivity contribution >= 4 is 5.97 Å². The summed E-state index contributed by atoms with van der Waals surface area (Å²) in [5.41, 5.74) is 0. The molecule has 0 aliphatic carbocycles. The smallest absolute Gasteiger partial charge is 0.548 e. The molecule has 0 fully saturated rings. The molecule has 6 nitrogen and oxygen atoms in total. The zero-order chi connectivity index (χ0) is 11.4. The second-order valence-electron chi connectivity index (χ2n) is 2.64. The quantitative estimate of drug-likeness (QED) is 0.348. The Morgan fingerprint density at radius 2 is 1.38 bits per heavy atom. The van der Waals surface area contributed by atoms with Crippen molar-refractivity contribution in [3.63, 3.8) is 0 Å². The molecule has 0 bridgehead atoms. The molecule has 0 aromatic carbocycles. The Balaban J connectivity index is 0. The van der Waals surface area contributed by atoms with Crippen LogP contribution in [-0.4, -0.2) is 59.3 Å². The van der Waals surface area contributed by atoms with Crippen molar-refractivity contribution in [1.29, 1.82) is 0 Å². The molecule has 0 aromatic heterocycles. The van der Waals surface area contributed by atoms with Gasteiger partial charge in [0.25, 0.3) is 0 Å². The number of carbonyl (C=O) groups excluding carboxylic acids is 1. The van der Waals surface area contributed by atoms with Gasteiger partial charge in [0, 0.05) is 7.11 Å². The number of rotatable bonds is 11. The van der Waals surface area contributed by atoms with E-state index in [9.17, 15) is 9.90 Å². The Hall–Kier alpha value is 1.36. The van der Waals surface area contributed by atoms with Crippen LogP contribution in [0.4, 0.5) is 0 Å². The van der Waals surface area contributed by atoms with Gasteiger partial charge in [0.1, 0.15) is 0 Å². The summed E-state index contributed by atoms with van der Waals surface area (Å²) in [4.78, 5) is 9.93. The standard InChI is InChI=1S/C9H18O6.Cs/c1-12-2-3-13-4-5-14-6-7-15-8-9(10)11;/h2-8H2,1H3,(H,10,11);/q;+1/p-1. The molecular formula is C9H17CsO6. The van der Waals surface area contributed by atoms with Crippen molar-refractivity contribution in [1.82, 2.24) is 0 Å². The minimum Gasteiger partial charge on any atom is -0.548 e. The molecule has 16 heavy (non-hydrogen) atoms. The largest absolute Gasteiger partial charge is 1.00 e. The second-order valence-corrected chi connectivity index (χ2v) is 2.64. The Labute approximate surface area is 154 Å². The third-order valence-electron chi connectivity index (χ3n) is 1.40. The monoisotopic (exact) mass is 354 g/mol. The Bertz CT molecular complexity index is 155. The summed E-state index contributed by atoms with van der Waals surface area (Å²) < 4.78 is 19.7. The molecule has 0 rings (SSSR count). The van der Waals surface area contributed by atoms with Crippen LogP contribution in [0.1, 0.15) is 0 Å². The first-order valence-corrected chi connectivity index (χ1v) is 4.69. The van der Waals surface area contributed by atoms with Gasteiger partial charge >= 0.3 is 68.9 Å². The Kier molecular flexibility index (Phi) is 20.1. The molecule has 0 N–H and O–H groups in total. The summed E-state index contributed by atoms with van der Waals surface area (Å²) in [6.45, 7) is 2.25. The van der Waals surface area contributed by atoms with Gasteiger partial charge in [-0.05, 0) is 0 Å². The number of hydrogen-bond donors (Lipinski definition) is 0. The first-order chi connectivity index (χ1) is 7.27. The molecule has 0 aliphatic heterocycles. The third-order valence-corrected chi connectivity index (χ3v) is 1.40. The maximum atomic E-state index is 9.93. The van der Waals surface area contributed by atoms with E-state index < -0.39 is 12.6 Å². The Morgan fingerprint density at radius 1 is 0.938 bits per heavy atom. The molecule has 0 atom stereocenters. The van der Waals surface area contributed by atoms with E-state index in [0.717, 1.165) is 0 Å². The molecule has 0 saturated heterocycles. The second kappa shape index (κ2) is 16.4. The van der Waals surface area contributed by atoms with Crippen molar-refractivity contribution in [2.45, 2.75) is 0 Å². The van der Waals surface area contributed by atoms with Crippen LogP contribution in [0.2, 0.25) is 0 Å². The van der Waals surface area contributed by atoms with Gasteiger partial charge in [-0.1, -0.05) is 0 Å². The summed E-state index contributed by atoms with van der Waals surface area (Å²) in [6, 6.07) is 0. The van der Waals surface area contributed by atoms with Crippen molar-refractivity contribution in [3.05, 3.63) is 0 Å². The minimum absolute atomic E-state index is 0. The summed E-state index contributed by atoms with van der Waals surface area (Å²) >= 11 is 0. The average molecular weight is 354 g/mol. The number of carboxylic acid groups (broad SMARTS) is 1. The summed E-state index contributed by atoms with van der Waals surface area (Å²) in [5, 5.41) is 9.93. The van der Waals surface area contributed by atoms with Crippen LogP contribution >= 0.6 is 0 Å². The van der Waals surface area contributed by atoms with Crippen molar-refractivity contribution < 1.29 is 97.7 Å². The molecule has 0 amide bonds. The zero-order valence-electron chi connectivity index (χ0n) is 9.90. The van der Waals surface area contributed by atoms with E-state index in [4.69, 9.17) is 18.9 Å². The number of carboxylic acids is 1. The predicted molar refractivity (Wildman–Crippen MR) is 49.3 cm³/mol. The normalized spacial score (nSPS) is 9.81. The molecule has 0 unspecified atom stereocenters. The summed E-state index contributed by atoms with van der Waals surface area (Å²) in [7, 11) is 1.61. The van der Waals surface area contributed by atoms with E-state index in [1.54, 1.807) is 7.11 Å². The fourth-order valence-electron chi connectivity index (χ4n) is 0.738. The van der Waals surface area contributed by atoms with E-state index in [1.165, 1.54) is 0 Å². The van der Waals surface area contributed by atoms with Crippen LogP contribution in [0, 0.1) is 0 Å². The van der Waals surface area contributed by atoms with Gasteiger partial charge in [-0.2, -0.15) is 0 Å². The SMILES string of the molecule is COCCOCCOCCOCC(=O)[O-].[Cs+]. The first kappa shape index (κ1) is 19.7. The van der Waals surface area contributed by atoms with Gasteiger partial charge in [0.2, 0.25) is 0 Å². The molecule has 0 radical (unpaired) electrons. The van der Waals surface area contributed by atoms with Gasteiger partial charge in [0.15, 0.2) is 0 Å². The van der Waals surface area contributed by atoms with Gasteiger partial charge in [-0.3, -0.25) is 0 Å². The van der Waals surface area contributed by atoms with Crippen LogP contribution < -0.4 is 74.0 Å². The zero-order valence-corrected chi connectivity index (χ0v) is 16.2. The van der Waals surface area contributed by atoms with Crippen LogP contribution in [0.15, 0.2) is 0 Å². The topological polar surface area (TPSA) is 77.0 Å². The van der Waals surface area contributed by atoms with Gasteiger partial charge in [-0.15, -0.1) is 0 Å². The van der Waals surface area contributed by atoms with Crippen LogP contribution in [0.25, 0.3) is 0 Å². The third kappa shape index (κ3) is 17.7. The van der Waals surface area contributed by atoms with Crippen LogP contribution in [0.5, 0.6) is 0 Å². The van der Waals surface area contributed by atoms with Gasteiger partial charge < -0.3 is 28.8 Å². The molecule has 7 heteroatoms. The van der Waals surface area contributed by atoms with E-state index in [2.05, 4.69) is 0 Å². The van der Waals surface area contributed by atoms with Crippen molar-refractivity contribution in [2.24, 2.45) is 0 Å². The van der Waals surface area contributed by atoms with Crippen LogP contribution in [0.3, 0.4) is 0 Å². The molecule has 0 heterocycles. The number of hydrogen-bond acceptors (Lipinski definition) is 6. The number of carbonyl (C=O) groups is 1. The van der Waals surface area contributed by atoms with Gasteiger partial charge in [-0.25, -0.2) is 0 Å². The molecule has 0 aliphatic rings. The van der Waals surface area contributed by atoms with Crippen molar-refractivity contribution in [2.75, 3.05) is 53.4 Å². The molecule has 0 saturated carbocycles. The van der Waals surface area contributed by atoms with Crippen molar-refractivity contribution in [3.8, 4) is 0 Å². The fourth-order valence-corrected chi connectivity index (χ4v) is 0.738. The maximum absolute atomic E-state index is 9.93. The fraction of sp³-hybridized carbons (Fsp3) is 0.889. The summed E-state index contributed by atoms with van der Waals surface area (Å²) in [6.07, 6.45) is 0. The molecule has 90 valence electrons. The maximum Gasteiger partial charge on any atom is 1.00 e. The Morgan fingerprint density at radius 3 is 1.81 bits per heavy atom. The molecule has 0 spiro atoms. The predicted octanol–water partition coefficient (Wildman–Crippen LogP) is -4.56. The minimum atomic E-state index is -1.22. The van der Waals surface area contributed by atoms with Crippen LogP contribution in [-0.2, 0) is 23.7 Å². The molecular weight excluding hydrogens is 337 g/mol. The van der Waals surface area contributed by atoms with E-state index >= 15 is 0 Å². The summed E-state index contributed by atoms with van der Waals surface area (Å²) in [5.74, 6) is -1.22. The molecule has 0 aromatic rings. The number of aliphatic carboxylic acids is 1. The number of ether oxygens (including phenoxy) is 4. The average Bonchev–Trinajstić information content (AvgIpc) is 2.20. The van der Waals surface area contributed by atoms with E-state index in [-0.39, 0.29) is 75.5 Å². The number of methoxy groups -OCH3 is 1. The van der Waals surface area contributed by atoms with Gasteiger partial charge in [0.05, 0.1) is 52.2 Å². The van der Waals surface area contributed by atoms with E-state index in [1.807, 2.05) is 0 Å². The van der Waals surface area contributed by atoms with E-state index in [0.29, 0.717) is 33.0 Å².